The normalized spacial score (nSPS) is 21.8. The van der Waals surface area contributed by atoms with Gasteiger partial charge in [0.1, 0.15) is 29.6 Å². The third-order valence-electron chi connectivity index (χ3n) is 6.49. The lowest BCUT2D eigenvalue weighted by Crippen LogP contribution is -2.43. The molecule has 0 radical (unpaired) electrons. The molecular weight excluding hydrogens is 462 g/mol. The number of fused-ring (bicyclic) bond motifs is 1. The highest BCUT2D eigenvalue weighted by Crippen LogP contribution is 2.35. The number of rotatable bonds is 5. The van der Waals surface area contributed by atoms with Crippen molar-refractivity contribution in [2.45, 2.75) is 24.9 Å². The third kappa shape index (κ3) is 3.46. The molecule has 10 nitrogen and oxygen atoms in total. The smallest absolute Gasteiger partial charge is 0.325 e. The Morgan fingerprint density at radius 2 is 1.97 bits per heavy atom. The van der Waals surface area contributed by atoms with Gasteiger partial charge < -0.3 is 14.2 Å². The molecule has 0 spiro atoms. The Morgan fingerprint density at radius 1 is 1.14 bits per heavy atom. The van der Waals surface area contributed by atoms with Crippen molar-refractivity contribution in [3.8, 4) is 0 Å². The molecule has 2 aliphatic rings. The highest BCUT2D eigenvalue weighted by atomic mass is 16.3. The number of carbonyl (C=O) groups is 3. The number of nitrogens with zero attached hydrogens (tertiary/aromatic N) is 4. The highest BCUT2D eigenvalue weighted by molar-refractivity contribution is 6.09. The second kappa shape index (κ2) is 8.19. The van der Waals surface area contributed by atoms with Crippen LogP contribution >= 0.6 is 0 Å². The fraction of sp³-hybridized carbons (Fsp3) is 0.192. The molecule has 3 aromatic heterocycles. The van der Waals surface area contributed by atoms with Crippen LogP contribution in [0.15, 0.2) is 87.1 Å². The lowest BCUT2D eigenvalue weighted by Gasteiger charge is -2.23. The van der Waals surface area contributed by atoms with Crippen LogP contribution in [0.3, 0.4) is 0 Å². The minimum atomic E-state index is -1.37. The van der Waals surface area contributed by atoms with E-state index < -0.39 is 36.0 Å². The van der Waals surface area contributed by atoms with Crippen molar-refractivity contribution in [1.29, 1.82) is 0 Å². The van der Waals surface area contributed by atoms with Crippen LogP contribution < -0.4 is 5.32 Å². The summed E-state index contributed by atoms with van der Waals surface area (Å²) in [4.78, 5) is 44.6. The monoisotopic (exact) mass is 483 g/mol. The molecule has 2 atom stereocenters. The van der Waals surface area contributed by atoms with E-state index >= 15 is 0 Å². The van der Waals surface area contributed by atoms with Crippen LogP contribution in [0.1, 0.15) is 36.6 Å². The van der Waals surface area contributed by atoms with E-state index in [1.54, 1.807) is 43.5 Å². The fourth-order valence-electron chi connectivity index (χ4n) is 4.60. The first kappa shape index (κ1) is 21.8. The molecule has 6 rings (SSSR count). The Balaban J connectivity index is 1.29. The van der Waals surface area contributed by atoms with Crippen LogP contribution in [0.5, 0.6) is 0 Å². The summed E-state index contributed by atoms with van der Waals surface area (Å²) in [5, 5.41) is 9.39. The minimum absolute atomic E-state index is 0.352. The zero-order valence-electron chi connectivity index (χ0n) is 19.2. The zero-order valence-corrected chi connectivity index (χ0v) is 19.2. The van der Waals surface area contributed by atoms with E-state index in [0.717, 1.165) is 10.3 Å². The van der Waals surface area contributed by atoms with Crippen molar-refractivity contribution in [2.75, 3.05) is 6.54 Å². The van der Waals surface area contributed by atoms with Crippen molar-refractivity contribution in [2.24, 2.45) is 5.10 Å². The van der Waals surface area contributed by atoms with Crippen LogP contribution in [-0.2, 0) is 15.1 Å². The van der Waals surface area contributed by atoms with Gasteiger partial charge in [0.15, 0.2) is 11.3 Å². The standard InChI is InChI=1S/C26H21N5O5/c1-26(22-10-4-5-11-27-22)24(33)30(25(34)28-26)15-23(32)31-18(20-9-6-12-35-20)14-17(29-31)21-13-16-7-2-3-8-19(16)36-21/h2-13,18H,14-15H2,1H3,(H,28,34)/t18-,26+/m0/s1. The number of benzene rings is 1. The predicted octanol–water partition coefficient (Wildman–Crippen LogP) is 3.57. The Labute approximate surface area is 205 Å². The van der Waals surface area contributed by atoms with E-state index in [-0.39, 0.29) is 0 Å². The van der Waals surface area contributed by atoms with Crippen LogP contribution in [-0.4, -0.2) is 45.0 Å². The van der Waals surface area contributed by atoms with E-state index in [1.807, 2.05) is 30.3 Å². The number of hydrogen-bond donors (Lipinski definition) is 1. The van der Waals surface area contributed by atoms with Crippen LogP contribution in [0.2, 0.25) is 0 Å². The van der Waals surface area contributed by atoms with E-state index in [2.05, 4.69) is 15.4 Å². The first-order chi connectivity index (χ1) is 17.4. The second-order valence-electron chi connectivity index (χ2n) is 8.83. The SMILES string of the molecule is C[C@]1(c2ccccn2)NC(=O)N(CC(=O)N2N=C(c3cc4ccccc4o3)C[C@H]2c2ccco2)C1=O. The molecule has 0 unspecified atom stereocenters. The molecular formula is C26H21N5O5. The van der Waals surface area contributed by atoms with Crippen LogP contribution in [0.4, 0.5) is 4.79 Å². The first-order valence-electron chi connectivity index (χ1n) is 11.4. The summed E-state index contributed by atoms with van der Waals surface area (Å²) in [6.45, 7) is 1.08. The number of aromatic nitrogens is 1. The van der Waals surface area contributed by atoms with E-state index in [4.69, 9.17) is 8.83 Å². The molecule has 2 aliphatic heterocycles. The van der Waals surface area contributed by atoms with Crippen molar-refractivity contribution >= 4 is 34.5 Å². The zero-order chi connectivity index (χ0) is 24.9. The number of amides is 4. The van der Waals surface area contributed by atoms with Gasteiger partial charge in [-0.1, -0.05) is 24.3 Å². The maximum absolute atomic E-state index is 13.5. The minimum Gasteiger partial charge on any atom is -0.467 e. The largest absolute Gasteiger partial charge is 0.467 e. The van der Waals surface area contributed by atoms with Gasteiger partial charge in [-0.25, -0.2) is 9.80 Å². The van der Waals surface area contributed by atoms with Gasteiger partial charge in [-0.15, -0.1) is 0 Å². The molecule has 4 aromatic rings. The van der Waals surface area contributed by atoms with Gasteiger partial charge in [0.25, 0.3) is 11.8 Å². The summed E-state index contributed by atoms with van der Waals surface area (Å²) < 4.78 is 11.5. The number of imide groups is 1. The average Bonchev–Trinajstić information content (AvgIpc) is 3.67. The van der Waals surface area contributed by atoms with Crippen molar-refractivity contribution < 1.29 is 23.2 Å². The lowest BCUT2D eigenvalue weighted by atomic mass is 9.97. The lowest BCUT2D eigenvalue weighted by molar-refractivity contribution is -0.140. The van der Waals surface area contributed by atoms with Crippen LogP contribution in [0.25, 0.3) is 11.0 Å². The second-order valence-corrected chi connectivity index (χ2v) is 8.83. The molecule has 1 N–H and O–H groups in total. The predicted molar refractivity (Wildman–Crippen MR) is 127 cm³/mol. The van der Waals surface area contributed by atoms with Crippen molar-refractivity contribution in [3.63, 3.8) is 0 Å². The number of para-hydroxylation sites is 1. The number of pyridine rings is 1. The average molecular weight is 483 g/mol. The number of urea groups is 1. The summed E-state index contributed by atoms with van der Waals surface area (Å²) in [6, 6.07) is 16.8. The molecule has 0 bridgehead atoms. The fourth-order valence-corrected chi connectivity index (χ4v) is 4.60. The number of hydrazone groups is 1. The van der Waals surface area contributed by atoms with Gasteiger partial charge in [0.05, 0.1) is 12.0 Å². The molecule has 0 aliphatic carbocycles. The van der Waals surface area contributed by atoms with Gasteiger partial charge >= 0.3 is 6.03 Å². The Hall–Kier alpha value is -4.73. The number of nitrogens with one attached hydrogen (secondary N) is 1. The molecule has 180 valence electrons. The first-order valence-corrected chi connectivity index (χ1v) is 11.4. The third-order valence-corrected chi connectivity index (χ3v) is 6.49. The Morgan fingerprint density at radius 3 is 2.72 bits per heavy atom. The van der Waals surface area contributed by atoms with Crippen molar-refractivity contribution in [1.82, 2.24) is 20.2 Å². The quantitative estimate of drug-likeness (QED) is 0.433. The van der Waals surface area contributed by atoms with Gasteiger partial charge in [0, 0.05) is 18.0 Å². The summed E-state index contributed by atoms with van der Waals surface area (Å²) in [5.74, 6) is -0.0134. The van der Waals surface area contributed by atoms with E-state index in [0.29, 0.717) is 34.9 Å². The molecule has 1 saturated heterocycles. The summed E-state index contributed by atoms with van der Waals surface area (Å²) in [6.07, 6.45) is 3.41. The van der Waals surface area contributed by atoms with Gasteiger partial charge in [0.2, 0.25) is 0 Å². The topological polar surface area (TPSA) is 121 Å². The molecule has 5 heterocycles. The van der Waals surface area contributed by atoms with E-state index in [9.17, 15) is 14.4 Å². The summed E-state index contributed by atoms with van der Waals surface area (Å²) in [5.41, 5.74) is 0.296. The molecule has 1 aromatic carbocycles. The highest BCUT2D eigenvalue weighted by Gasteiger charge is 2.51. The van der Waals surface area contributed by atoms with Gasteiger partial charge in [-0.05, 0) is 43.3 Å². The molecule has 10 heteroatoms. The number of furan rings is 2. The molecule has 0 saturated carbocycles. The Bertz CT molecular complexity index is 1480. The number of carbonyl (C=O) groups excluding carboxylic acids is 3. The summed E-state index contributed by atoms with van der Waals surface area (Å²) in [7, 11) is 0. The van der Waals surface area contributed by atoms with Gasteiger partial charge in [-0.3, -0.25) is 19.5 Å². The van der Waals surface area contributed by atoms with E-state index in [1.165, 1.54) is 11.3 Å². The maximum atomic E-state index is 13.5. The summed E-state index contributed by atoms with van der Waals surface area (Å²) >= 11 is 0. The van der Waals surface area contributed by atoms with Crippen LogP contribution in [0, 0.1) is 0 Å². The van der Waals surface area contributed by atoms with Gasteiger partial charge in [-0.2, -0.15) is 5.10 Å². The molecule has 1 fully saturated rings. The Kier molecular flexibility index (Phi) is 4.96. The molecule has 4 amide bonds. The maximum Gasteiger partial charge on any atom is 0.325 e. The van der Waals surface area contributed by atoms with Crippen molar-refractivity contribution in [3.05, 3.63) is 90.3 Å². The molecule has 36 heavy (non-hydrogen) atoms. The number of hydrogen-bond acceptors (Lipinski definition) is 7.